The number of nitriles is 1. The second kappa shape index (κ2) is 11.8. The van der Waals surface area contributed by atoms with E-state index in [1.165, 1.54) is 54.1 Å². The quantitative estimate of drug-likeness (QED) is 0.273. The molecule has 0 saturated heterocycles. The molecule has 1 amide bonds. The highest BCUT2D eigenvalue weighted by atomic mass is 32.1. The van der Waals surface area contributed by atoms with Crippen LogP contribution >= 0.6 is 11.3 Å². The lowest BCUT2D eigenvalue weighted by Crippen LogP contribution is -2.55. The van der Waals surface area contributed by atoms with Crippen molar-refractivity contribution < 1.29 is 14.3 Å². The Labute approximate surface area is 234 Å². The molecule has 4 rings (SSSR count). The van der Waals surface area contributed by atoms with Crippen LogP contribution < -0.4 is 21.3 Å². The summed E-state index contributed by atoms with van der Waals surface area (Å²) >= 11 is 1.20. The van der Waals surface area contributed by atoms with Crippen LogP contribution in [0.1, 0.15) is 44.4 Å². The molecule has 0 aliphatic heterocycles. The van der Waals surface area contributed by atoms with E-state index in [1.807, 2.05) is 18.2 Å². The Kier molecular flexibility index (Phi) is 8.51. The molecule has 0 fully saturated rings. The lowest BCUT2D eigenvalue weighted by molar-refractivity contribution is -0.128. The van der Waals surface area contributed by atoms with Gasteiger partial charge in [-0.2, -0.15) is 15.5 Å². The highest BCUT2D eigenvalue weighted by Gasteiger charge is 2.36. The van der Waals surface area contributed by atoms with Gasteiger partial charge >= 0.3 is 5.69 Å². The van der Waals surface area contributed by atoms with Gasteiger partial charge in [0.25, 0.3) is 5.56 Å². The Morgan fingerprint density at radius 2 is 1.93 bits per heavy atom. The fraction of sp³-hybridized carbons (Fsp3) is 0.407. The summed E-state index contributed by atoms with van der Waals surface area (Å²) in [4.78, 5) is 43.0. The van der Waals surface area contributed by atoms with E-state index in [4.69, 9.17) is 14.7 Å². The summed E-state index contributed by atoms with van der Waals surface area (Å²) < 4.78 is 14.1. The molecule has 12 nitrogen and oxygen atoms in total. The third-order valence-corrected chi connectivity index (χ3v) is 7.89. The number of ether oxygens (including phenoxy) is 2. The van der Waals surface area contributed by atoms with Crippen molar-refractivity contribution in [1.29, 1.82) is 5.26 Å². The van der Waals surface area contributed by atoms with Crippen LogP contribution in [0.5, 0.6) is 5.75 Å². The summed E-state index contributed by atoms with van der Waals surface area (Å²) in [5.74, 6) is 0.0852. The largest absolute Gasteiger partial charge is 0.496 e. The van der Waals surface area contributed by atoms with Crippen molar-refractivity contribution in [2.75, 3.05) is 20.3 Å². The van der Waals surface area contributed by atoms with Gasteiger partial charge in [0.15, 0.2) is 0 Å². The normalized spacial score (nSPS) is 12.3. The van der Waals surface area contributed by atoms with Gasteiger partial charge in [-0.05, 0) is 33.8 Å². The molecule has 0 radical (unpaired) electrons. The molecule has 3 heterocycles. The van der Waals surface area contributed by atoms with Crippen molar-refractivity contribution in [3.05, 3.63) is 68.6 Å². The molecule has 1 atom stereocenters. The number of aromatic nitrogens is 5. The predicted octanol–water partition coefficient (Wildman–Crippen LogP) is 2.67. The number of carbonyl (C=O) groups excluding carboxylic acids is 1. The number of hydrogen-bond acceptors (Lipinski definition) is 9. The third-order valence-electron chi connectivity index (χ3n) is 6.61. The van der Waals surface area contributed by atoms with Gasteiger partial charge in [0.05, 0.1) is 50.5 Å². The fourth-order valence-electron chi connectivity index (χ4n) is 4.56. The smallest absolute Gasteiger partial charge is 0.333 e. The van der Waals surface area contributed by atoms with E-state index in [0.717, 1.165) is 4.57 Å². The van der Waals surface area contributed by atoms with Crippen molar-refractivity contribution in [3.63, 3.8) is 0 Å². The van der Waals surface area contributed by atoms with E-state index in [1.54, 1.807) is 19.9 Å². The van der Waals surface area contributed by atoms with Crippen LogP contribution in [0.25, 0.3) is 15.2 Å². The Morgan fingerprint density at radius 3 is 2.58 bits per heavy atom. The Hall–Kier alpha value is -4.28. The fourth-order valence-corrected chi connectivity index (χ4v) is 5.78. The monoisotopic (exact) mass is 565 g/mol. The SMILES string of the molecule is CCNC(=O)C(C)(C)n1c(=O)c2c(C)c(-n3nccn3)sc2n(C[C@H](OCCC#N)c2ccccc2OC)c1=O. The molecule has 1 N–H and O–H groups in total. The molecule has 1 aromatic carbocycles. The van der Waals surface area contributed by atoms with Crippen LogP contribution in [0.2, 0.25) is 0 Å². The summed E-state index contributed by atoms with van der Waals surface area (Å²) in [7, 11) is 1.54. The summed E-state index contributed by atoms with van der Waals surface area (Å²) in [5.41, 5.74) is -1.50. The number of rotatable bonds is 11. The van der Waals surface area contributed by atoms with Crippen LogP contribution in [0.15, 0.2) is 46.2 Å². The molecule has 0 spiro atoms. The first-order chi connectivity index (χ1) is 19.2. The van der Waals surface area contributed by atoms with Gasteiger partial charge in [-0.25, -0.2) is 9.36 Å². The number of thiophene rings is 1. The molecule has 13 heteroatoms. The summed E-state index contributed by atoms with van der Waals surface area (Å²) in [5, 5.41) is 21.1. The summed E-state index contributed by atoms with van der Waals surface area (Å²) in [6.45, 7) is 7.04. The van der Waals surface area contributed by atoms with Crippen LogP contribution in [-0.4, -0.2) is 50.3 Å². The maximum atomic E-state index is 14.2. The van der Waals surface area contributed by atoms with Gasteiger partial charge in [0, 0.05) is 17.7 Å². The van der Waals surface area contributed by atoms with Gasteiger partial charge in [0.2, 0.25) is 5.91 Å². The minimum Gasteiger partial charge on any atom is -0.496 e. The zero-order valence-corrected chi connectivity index (χ0v) is 23.8. The van der Waals surface area contributed by atoms with Crippen LogP contribution in [0.3, 0.4) is 0 Å². The number of amides is 1. The number of benzene rings is 1. The molecule has 0 aliphatic carbocycles. The molecule has 0 unspecified atom stereocenters. The molecule has 0 bridgehead atoms. The second-order valence-corrected chi connectivity index (χ2v) is 10.5. The van der Waals surface area contributed by atoms with Crippen LogP contribution in [-0.2, 0) is 21.6 Å². The molecule has 4 aromatic rings. The maximum Gasteiger partial charge on any atom is 0.333 e. The van der Waals surface area contributed by atoms with Crippen molar-refractivity contribution in [1.82, 2.24) is 29.4 Å². The lowest BCUT2D eigenvalue weighted by Gasteiger charge is -2.27. The molecule has 0 aliphatic rings. The number of para-hydroxylation sites is 1. The first-order valence-electron chi connectivity index (χ1n) is 12.7. The Bertz CT molecular complexity index is 1680. The topological polar surface area (TPSA) is 146 Å². The number of carbonyl (C=O) groups is 1. The minimum absolute atomic E-state index is 0.0151. The third kappa shape index (κ3) is 5.15. The average Bonchev–Trinajstić information content (AvgIpc) is 3.58. The summed E-state index contributed by atoms with van der Waals surface area (Å²) in [6.07, 6.45) is 2.48. The zero-order valence-electron chi connectivity index (χ0n) is 23.0. The van der Waals surface area contributed by atoms with E-state index >= 15 is 0 Å². The van der Waals surface area contributed by atoms with E-state index in [2.05, 4.69) is 21.6 Å². The zero-order chi connectivity index (χ0) is 29.0. The Morgan fingerprint density at radius 1 is 1.23 bits per heavy atom. The number of fused-ring (bicyclic) bond motifs is 1. The number of likely N-dealkylation sites (N-methyl/N-ethyl adjacent to an activating group) is 1. The van der Waals surface area contributed by atoms with E-state index in [0.29, 0.717) is 33.3 Å². The van der Waals surface area contributed by atoms with Crippen molar-refractivity contribution in [2.45, 2.75) is 52.3 Å². The first kappa shape index (κ1) is 28.7. The van der Waals surface area contributed by atoms with Gasteiger partial charge in [0.1, 0.15) is 27.2 Å². The van der Waals surface area contributed by atoms with Gasteiger partial charge < -0.3 is 14.8 Å². The number of methoxy groups -OCH3 is 1. The van der Waals surface area contributed by atoms with Gasteiger partial charge in [-0.3, -0.25) is 14.2 Å². The number of hydrogen-bond donors (Lipinski definition) is 1. The molecule has 3 aromatic heterocycles. The average molecular weight is 566 g/mol. The van der Waals surface area contributed by atoms with E-state index in [-0.39, 0.29) is 25.0 Å². The van der Waals surface area contributed by atoms with Crippen LogP contribution in [0.4, 0.5) is 0 Å². The highest BCUT2D eigenvalue weighted by molar-refractivity contribution is 7.21. The van der Waals surface area contributed by atoms with Gasteiger partial charge in [-0.1, -0.05) is 29.5 Å². The number of nitrogens with zero attached hydrogens (tertiary/aromatic N) is 6. The summed E-state index contributed by atoms with van der Waals surface area (Å²) in [6, 6.07) is 9.32. The van der Waals surface area contributed by atoms with Crippen molar-refractivity contribution >= 4 is 27.5 Å². The maximum absolute atomic E-state index is 14.2. The van der Waals surface area contributed by atoms with Crippen molar-refractivity contribution in [2.24, 2.45) is 0 Å². The van der Waals surface area contributed by atoms with Gasteiger partial charge in [-0.15, -0.1) is 4.80 Å². The lowest BCUT2D eigenvalue weighted by atomic mass is 10.0. The number of aryl methyl sites for hydroxylation is 1. The minimum atomic E-state index is -1.50. The first-order valence-corrected chi connectivity index (χ1v) is 13.5. The Balaban J connectivity index is 2.02. The van der Waals surface area contributed by atoms with Crippen LogP contribution in [0, 0.1) is 18.3 Å². The molecule has 0 saturated carbocycles. The van der Waals surface area contributed by atoms with Crippen molar-refractivity contribution in [3.8, 4) is 16.8 Å². The highest BCUT2D eigenvalue weighted by Crippen LogP contribution is 2.34. The molecule has 210 valence electrons. The van der Waals surface area contributed by atoms with E-state index < -0.39 is 28.8 Å². The predicted molar refractivity (Wildman–Crippen MR) is 150 cm³/mol. The molecular weight excluding hydrogens is 534 g/mol. The number of nitrogens with one attached hydrogen (secondary N) is 1. The standard InChI is InChI=1S/C27H31N7O5S/c1-6-29-25(36)27(3,4)33-22(35)21-17(2)23(34-30-13-14-31-34)40-24(21)32(26(33)37)16-20(39-15-9-12-28)18-10-7-8-11-19(18)38-5/h7-8,10-11,13-14,20H,6,9,15-16H2,1-5H3,(H,29,36)/t20-/m0/s1. The van der Waals surface area contributed by atoms with E-state index in [9.17, 15) is 14.4 Å². The molecule has 40 heavy (non-hydrogen) atoms. The second-order valence-electron chi connectivity index (χ2n) is 9.49. The molecular formula is C27H31N7O5S.